The Morgan fingerprint density at radius 3 is 2.45 bits per heavy atom. The number of aromatic nitrogens is 1. The molecule has 2 aromatic heterocycles. The Labute approximate surface area is 135 Å². The smallest absolute Gasteiger partial charge is 0.147 e. The van der Waals surface area contributed by atoms with Crippen LogP contribution in [0.4, 0.5) is 0 Å². The van der Waals surface area contributed by atoms with Crippen molar-refractivity contribution in [3.8, 4) is 0 Å². The molecule has 5 rings (SSSR count). The topological polar surface area (TPSA) is 12.9 Å². The van der Waals surface area contributed by atoms with Gasteiger partial charge in [-0.05, 0) is 22.9 Å². The molecule has 0 spiro atoms. The summed E-state index contributed by atoms with van der Waals surface area (Å²) in [6.07, 6.45) is 0. The van der Waals surface area contributed by atoms with Crippen LogP contribution in [0.2, 0.25) is 5.15 Å². The molecule has 0 bridgehead atoms. The molecule has 0 fully saturated rings. The van der Waals surface area contributed by atoms with E-state index >= 15 is 0 Å². The third kappa shape index (κ3) is 1.57. The highest BCUT2D eigenvalue weighted by atomic mass is 35.5. The van der Waals surface area contributed by atoms with Crippen LogP contribution in [0.5, 0.6) is 0 Å². The monoisotopic (exact) mass is 319 g/mol. The minimum atomic E-state index is 0.596. The van der Waals surface area contributed by atoms with E-state index in [4.69, 9.17) is 11.6 Å². The summed E-state index contributed by atoms with van der Waals surface area (Å²) < 4.78 is 2.33. The van der Waals surface area contributed by atoms with Gasteiger partial charge in [0, 0.05) is 20.9 Å². The van der Waals surface area contributed by atoms with Gasteiger partial charge in [0.25, 0.3) is 0 Å². The van der Waals surface area contributed by atoms with Gasteiger partial charge in [0.2, 0.25) is 0 Å². The second kappa shape index (κ2) is 4.42. The summed E-state index contributed by atoms with van der Waals surface area (Å²) >= 11 is 8.18. The number of thiophene rings is 1. The normalized spacial score (nSPS) is 11.9. The summed E-state index contributed by atoms with van der Waals surface area (Å²) in [6, 6.07) is 21.1. The first kappa shape index (κ1) is 12.4. The predicted molar refractivity (Wildman–Crippen MR) is 97.1 cm³/mol. The Bertz CT molecular complexity index is 1190. The number of rotatable bonds is 0. The molecule has 0 aliphatic carbocycles. The van der Waals surface area contributed by atoms with Gasteiger partial charge in [-0.25, -0.2) is 4.98 Å². The molecule has 0 amide bonds. The lowest BCUT2D eigenvalue weighted by atomic mass is 10.0. The predicted octanol–water partition coefficient (Wildman–Crippen LogP) is 6.41. The first-order valence-corrected chi connectivity index (χ1v) is 8.30. The fraction of sp³-hybridized carbons (Fsp3) is 0. The van der Waals surface area contributed by atoms with Gasteiger partial charge in [-0.15, -0.1) is 11.3 Å². The molecule has 0 saturated heterocycles. The summed E-state index contributed by atoms with van der Waals surface area (Å²) in [6.45, 7) is 0. The molecule has 104 valence electrons. The molecule has 22 heavy (non-hydrogen) atoms. The Hall–Kier alpha value is -2.16. The first-order chi connectivity index (χ1) is 10.8. The van der Waals surface area contributed by atoms with Gasteiger partial charge in [0.1, 0.15) is 5.15 Å². The fourth-order valence-electron chi connectivity index (χ4n) is 3.21. The molecule has 1 nitrogen and oxygen atoms in total. The summed E-state index contributed by atoms with van der Waals surface area (Å²) in [5.41, 5.74) is 0.958. The maximum atomic E-state index is 6.46. The van der Waals surface area contributed by atoms with Gasteiger partial charge >= 0.3 is 0 Å². The van der Waals surface area contributed by atoms with E-state index in [0.717, 1.165) is 10.2 Å². The van der Waals surface area contributed by atoms with Crippen LogP contribution >= 0.6 is 22.9 Å². The number of halogens is 1. The summed E-state index contributed by atoms with van der Waals surface area (Å²) in [7, 11) is 0. The number of pyridine rings is 1. The second-order valence-corrected chi connectivity index (χ2v) is 6.80. The van der Waals surface area contributed by atoms with Crippen LogP contribution < -0.4 is 0 Å². The maximum Gasteiger partial charge on any atom is 0.147 e. The molecule has 3 aromatic carbocycles. The van der Waals surface area contributed by atoms with Crippen LogP contribution in [0.25, 0.3) is 41.8 Å². The Kier molecular flexibility index (Phi) is 2.49. The van der Waals surface area contributed by atoms with Crippen molar-refractivity contribution in [1.29, 1.82) is 0 Å². The number of hydrogen-bond acceptors (Lipinski definition) is 2. The molecular weight excluding hydrogens is 310 g/mol. The van der Waals surface area contributed by atoms with Crippen molar-refractivity contribution in [2.75, 3.05) is 0 Å². The van der Waals surface area contributed by atoms with Crippen molar-refractivity contribution >= 4 is 64.8 Å². The van der Waals surface area contributed by atoms with Crippen molar-refractivity contribution in [2.45, 2.75) is 0 Å². The molecule has 3 heteroatoms. The van der Waals surface area contributed by atoms with Gasteiger partial charge in [-0.2, -0.15) is 0 Å². The highest BCUT2D eigenvalue weighted by Gasteiger charge is 2.15. The first-order valence-electron chi connectivity index (χ1n) is 7.11. The number of fused-ring (bicyclic) bond motifs is 7. The van der Waals surface area contributed by atoms with Crippen molar-refractivity contribution in [3.63, 3.8) is 0 Å². The van der Waals surface area contributed by atoms with E-state index in [2.05, 4.69) is 65.6 Å². The highest BCUT2D eigenvalue weighted by molar-refractivity contribution is 7.26. The molecule has 5 aromatic rings. The van der Waals surface area contributed by atoms with Crippen molar-refractivity contribution in [2.24, 2.45) is 0 Å². The molecule has 0 aliphatic heterocycles. The Morgan fingerprint density at radius 1 is 0.773 bits per heavy atom. The van der Waals surface area contributed by atoms with E-state index in [1.165, 1.54) is 31.6 Å². The largest absolute Gasteiger partial charge is 0.235 e. The molecule has 0 aliphatic rings. The number of benzene rings is 3. The SMILES string of the molecule is Clc1nc2ccc3ccccc3c2c2c1sc1ccccc12. The van der Waals surface area contributed by atoms with Gasteiger partial charge in [0.05, 0.1) is 10.2 Å². The number of hydrogen-bond donors (Lipinski definition) is 0. The van der Waals surface area contributed by atoms with E-state index in [9.17, 15) is 0 Å². The van der Waals surface area contributed by atoms with Crippen LogP contribution in [-0.2, 0) is 0 Å². The lowest BCUT2D eigenvalue weighted by Crippen LogP contribution is -1.84. The zero-order valence-electron chi connectivity index (χ0n) is 11.5. The molecule has 2 heterocycles. The van der Waals surface area contributed by atoms with Crippen LogP contribution in [-0.4, -0.2) is 4.98 Å². The summed E-state index contributed by atoms with van der Waals surface area (Å²) in [4.78, 5) is 4.63. The third-order valence-corrected chi connectivity index (χ3v) is 5.72. The minimum Gasteiger partial charge on any atom is -0.235 e. The molecule has 0 N–H and O–H groups in total. The van der Waals surface area contributed by atoms with Gasteiger partial charge in [-0.3, -0.25) is 0 Å². The lowest BCUT2D eigenvalue weighted by Gasteiger charge is -2.06. The van der Waals surface area contributed by atoms with Gasteiger partial charge < -0.3 is 0 Å². The molecule has 0 atom stereocenters. The Balaban J connectivity index is 2.21. The van der Waals surface area contributed by atoms with Crippen molar-refractivity contribution < 1.29 is 0 Å². The van der Waals surface area contributed by atoms with E-state index < -0.39 is 0 Å². The third-order valence-electron chi connectivity index (χ3n) is 4.16. The van der Waals surface area contributed by atoms with E-state index in [-0.39, 0.29) is 0 Å². The number of nitrogens with zero attached hydrogens (tertiary/aromatic N) is 1. The zero-order valence-corrected chi connectivity index (χ0v) is 13.1. The fourth-order valence-corrected chi connectivity index (χ4v) is 4.60. The molecule has 0 unspecified atom stereocenters. The summed E-state index contributed by atoms with van der Waals surface area (Å²) in [5.74, 6) is 0. The van der Waals surface area contributed by atoms with Crippen molar-refractivity contribution in [3.05, 3.63) is 65.8 Å². The van der Waals surface area contributed by atoms with Gasteiger partial charge in [0.15, 0.2) is 0 Å². The van der Waals surface area contributed by atoms with Crippen LogP contribution in [0.15, 0.2) is 60.7 Å². The second-order valence-electron chi connectivity index (χ2n) is 5.39. The van der Waals surface area contributed by atoms with Crippen LogP contribution in [0.1, 0.15) is 0 Å². The quantitative estimate of drug-likeness (QED) is 0.237. The minimum absolute atomic E-state index is 0.596. The van der Waals surface area contributed by atoms with E-state index in [1.807, 2.05) is 0 Å². The van der Waals surface area contributed by atoms with Crippen LogP contribution in [0, 0.1) is 0 Å². The highest BCUT2D eigenvalue weighted by Crippen LogP contribution is 2.42. The lowest BCUT2D eigenvalue weighted by molar-refractivity contribution is 1.46. The van der Waals surface area contributed by atoms with E-state index in [1.54, 1.807) is 11.3 Å². The molecule has 0 radical (unpaired) electrons. The standard InChI is InChI=1S/C19H10ClNS/c20-19-18-17(13-7-3-4-8-15(13)22-18)16-12-6-2-1-5-11(12)9-10-14(16)21-19/h1-10H. The maximum absolute atomic E-state index is 6.46. The van der Waals surface area contributed by atoms with E-state index in [0.29, 0.717) is 5.15 Å². The van der Waals surface area contributed by atoms with Gasteiger partial charge in [-0.1, -0.05) is 60.1 Å². The van der Waals surface area contributed by atoms with Crippen LogP contribution in [0.3, 0.4) is 0 Å². The zero-order chi connectivity index (χ0) is 14.7. The summed E-state index contributed by atoms with van der Waals surface area (Å²) in [5, 5.41) is 6.75. The average Bonchev–Trinajstić information content (AvgIpc) is 2.95. The molecular formula is C19H10ClNS. The molecule has 0 saturated carbocycles. The van der Waals surface area contributed by atoms with Crippen molar-refractivity contribution in [1.82, 2.24) is 4.98 Å². The Morgan fingerprint density at radius 2 is 1.55 bits per heavy atom. The average molecular weight is 320 g/mol.